The summed E-state index contributed by atoms with van der Waals surface area (Å²) < 4.78 is 25.5. The summed E-state index contributed by atoms with van der Waals surface area (Å²) in [7, 11) is 2.10. The summed E-state index contributed by atoms with van der Waals surface area (Å²) >= 11 is 0. The van der Waals surface area contributed by atoms with Crippen LogP contribution < -0.4 is 4.74 Å². The highest BCUT2D eigenvalue weighted by molar-refractivity contribution is 6.08. The lowest BCUT2D eigenvalue weighted by atomic mass is 9.62. The molecule has 5 heterocycles. The van der Waals surface area contributed by atoms with Gasteiger partial charge in [-0.25, -0.2) is 9.78 Å². The first kappa shape index (κ1) is 30.9. The number of carbonyl (C=O) groups excluding carboxylic acids is 1. The minimum absolute atomic E-state index is 0.102. The number of benzene rings is 1. The van der Waals surface area contributed by atoms with Crippen LogP contribution in [-0.2, 0) is 21.3 Å². The van der Waals surface area contributed by atoms with Gasteiger partial charge >= 0.3 is 6.09 Å². The topological polar surface area (TPSA) is 91.2 Å². The van der Waals surface area contributed by atoms with Gasteiger partial charge in [-0.2, -0.15) is 0 Å². The molecular weight excluding hydrogens is 582 g/mol. The molecule has 0 N–H and O–H groups in total. The third-order valence-electron chi connectivity index (χ3n) is 9.44. The second kappa shape index (κ2) is 12.5. The van der Waals surface area contributed by atoms with E-state index in [0.29, 0.717) is 37.6 Å². The van der Waals surface area contributed by atoms with E-state index in [1.165, 1.54) is 21.8 Å². The summed E-state index contributed by atoms with van der Waals surface area (Å²) in [5.74, 6) is 0.701. The van der Waals surface area contributed by atoms with Gasteiger partial charge < -0.3 is 28.4 Å². The fraction of sp³-hybridized carbons (Fsp3) is 0.528. The van der Waals surface area contributed by atoms with Crippen LogP contribution in [0.5, 0.6) is 5.88 Å². The number of amides is 1. The number of aromatic nitrogens is 3. The summed E-state index contributed by atoms with van der Waals surface area (Å²) in [6.45, 7) is 12.1. The van der Waals surface area contributed by atoms with Crippen molar-refractivity contribution in [3.05, 3.63) is 55.0 Å². The number of fused-ring (bicyclic) bond motifs is 3. The van der Waals surface area contributed by atoms with E-state index in [2.05, 4.69) is 56.8 Å². The average molecular weight is 628 g/mol. The molecule has 1 amide bonds. The molecule has 3 aromatic heterocycles. The smallest absolute Gasteiger partial charge is 0.410 e. The summed E-state index contributed by atoms with van der Waals surface area (Å²) in [6.07, 6.45) is 8.81. The van der Waals surface area contributed by atoms with Crippen molar-refractivity contribution in [2.75, 3.05) is 52.5 Å². The number of carbonyl (C=O) groups is 1. The molecule has 1 aromatic carbocycles. The van der Waals surface area contributed by atoms with Crippen LogP contribution in [0.4, 0.5) is 4.79 Å². The SMILES string of the molecule is Cn1c2ccncc2c2ccc(-c3ccc(OC4CC5(C4)CN(CCOCCCOC4CN(C(=O)OC(C)(C)C)C4)C5)nc3)cc21. The molecule has 3 aliphatic rings. The Balaban J connectivity index is 0.760. The number of pyridine rings is 2. The maximum Gasteiger partial charge on any atom is 0.410 e. The Kier molecular flexibility index (Phi) is 8.37. The highest BCUT2D eigenvalue weighted by Crippen LogP contribution is 2.49. The predicted octanol–water partition coefficient (Wildman–Crippen LogP) is 5.67. The first-order valence-corrected chi connectivity index (χ1v) is 16.5. The monoisotopic (exact) mass is 627 g/mol. The van der Waals surface area contributed by atoms with E-state index in [1.54, 1.807) is 4.90 Å². The van der Waals surface area contributed by atoms with Gasteiger partial charge in [0.05, 0.1) is 31.3 Å². The first-order chi connectivity index (χ1) is 22.1. The Morgan fingerprint density at radius 2 is 1.74 bits per heavy atom. The zero-order chi connectivity index (χ0) is 31.9. The molecule has 3 fully saturated rings. The fourth-order valence-corrected chi connectivity index (χ4v) is 7.06. The van der Waals surface area contributed by atoms with Crippen LogP contribution in [0.3, 0.4) is 0 Å². The van der Waals surface area contributed by atoms with Gasteiger partial charge in [0, 0.05) is 91.8 Å². The fourth-order valence-electron chi connectivity index (χ4n) is 7.06. The van der Waals surface area contributed by atoms with E-state index in [1.807, 2.05) is 45.4 Å². The van der Waals surface area contributed by atoms with E-state index >= 15 is 0 Å². The average Bonchev–Trinajstić information content (AvgIpc) is 3.25. The van der Waals surface area contributed by atoms with Crippen LogP contribution in [0.15, 0.2) is 55.0 Å². The number of hydrogen-bond donors (Lipinski definition) is 0. The Hall–Kier alpha value is -3.73. The summed E-state index contributed by atoms with van der Waals surface area (Å²) in [4.78, 5) is 25.1. The number of nitrogens with zero attached hydrogens (tertiary/aromatic N) is 5. The van der Waals surface area contributed by atoms with Crippen LogP contribution in [0.25, 0.3) is 32.9 Å². The van der Waals surface area contributed by atoms with Crippen molar-refractivity contribution in [3.63, 3.8) is 0 Å². The Morgan fingerprint density at radius 3 is 2.50 bits per heavy atom. The van der Waals surface area contributed by atoms with Crippen LogP contribution in [0.1, 0.15) is 40.0 Å². The summed E-state index contributed by atoms with van der Waals surface area (Å²) in [5.41, 5.74) is 4.53. The minimum atomic E-state index is -0.465. The highest BCUT2D eigenvalue weighted by Gasteiger charge is 2.53. The van der Waals surface area contributed by atoms with Crippen molar-refractivity contribution in [2.45, 2.75) is 57.8 Å². The van der Waals surface area contributed by atoms with Crippen LogP contribution in [0, 0.1) is 5.41 Å². The second-order valence-electron chi connectivity index (χ2n) is 14.3. The summed E-state index contributed by atoms with van der Waals surface area (Å²) in [6, 6.07) is 12.7. The molecule has 0 radical (unpaired) electrons. The number of ether oxygens (including phenoxy) is 4. The van der Waals surface area contributed by atoms with Crippen LogP contribution >= 0.6 is 0 Å². The minimum Gasteiger partial charge on any atom is -0.474 e. The quantitative estimate of drug-likeness (QED) is 0.197. The maximum atomic E-state index is 12.0. The molecule has 10 nitrogen and oxygen atoms in total. The molecule has 244 valence electrons. The van der Waals surface area contributed by atoms with Gasteiger partial charge in [0.25, 0.3) is 0 Å². The van der Waals surface area contributed by atoms with Crippen molar-refractivity contribution in [1.29, 1.82) is 0 Å². The molecule has 4 aromatic rings. The van der Waals surface area contributed by atoms with E-state index in [9.17, 15) is 4.79 Å². The normalized spacial score (nSPS) is 18.5. The molecule has 46 heavy (non-hydrogen) atoms. The van der Waals surface area contributed by atoms with Crippen molar-refractivity contribution >= 4 is 27.9 Å². The third kappa shape index (κ3) is 6.56. The van der Waals surface area contributed by atoms with Crippen molar-refractivity contribution in [2.24, 2.45) is 12.5 Å². The van der Waals surface area contributed by atoms with Gasteiger partial charge in [-0.05, 0) is 63.8 Å². The standard InChI is InChI=1S/C36H45N5O5/c1-35(2,3)46-34(42)41-21-28(22-41)44-14-5-13-43-15-12-40-23-36(24-40)17-27(18-36)45-33-9-7-26(19-38-33)25-6-8-29-30-20-37-11-10-31(30)39(4)32(29)16-25/h6-11,16,19-20,27-28H,5,12-15,17-18,21-24H2,1-4H3. The Morgan fingerprint density at radius 1 is 0.935 bits per heavy atom. The van der Waals surface area contributed by atoms with Crippen molar-refractivity contribution in [3.8, 4) is 17.0 Å². The second-order valence-corrected chi connectivity index (χ2v) is 14.3. The van der Waals surface area contributed by atoms with Gasteiger partial charge in [-0.3, -0.25) is 9.88 Å². The molecule has 1 aliphatic carbocycles. The number of aryl methyl sites for hydroxylation is 1. The van der Waals surface area contributed by atoms with E-state index < -0.39 is 5.60 Å². The number of likely N-dealkylation sites (tertiary alicyclic amines) is 2. The van der Waals surface area contributed by atoms with Gasteiger partial charge in [-0.15, -0.1) is 0 Å². The highest BCUT2D eigenvalue weighted by atomic mass is 16.6. The van der Waals surface area contributed by atoms with Crippen molar-refractivity contribution < 1.29 is 23.7 Å². The molecule has 2 aliphatic heterocycles. The molecule has 0 atom stereocenters. The molecule has 0 unspecified atom stereocenters. The molecule has 7 rings (SSSR count). The Bertz CT molecular complexity index is 1680. The lowest BCUT2D eigenvalue weighted by molar-refractivity contribution is -0.124. The molecule has 1 saturated carbocycles. The van der Waals surface area contributed by atoms with E-state index in [-0.39, 0.29) is 18.3 Å². The largest absolute Gasteiger partial charge is 0.474 e. The van der Waals surface area contributed by atoms with Gasteiger partial charge in [0.2, 0.25) is 5.88 Å². The zero-order valence-corrected chi connectivity index (χ0v) is 27.4. The third-order valence-corrected chi connectivity index (χ3v) is 9.44. The van der Waals surface area contributed by atoms with Crippen molar-refractivity contribution in [1.82, 2.24) is 24.3 Å². The van der Waals surface area contributed by atoms with Gasteiger partial charge in [-0.1, -0.05) is 12.1 Å². The number of rotatable bonds is 11. The number of hydrogen-bond acceptors (Lipinski definition) is 8. The molecule has 10 heteroatoms. The predicted molar refractivity (Wildman–Crippen MR) is 177 cm³/mol. The first-order valence-electron chi connectivity index (χ1n) is 16.5. The van der Waals surface area contributed by atoms with E-state index in [4.69, 9.17) is 18.9 Å². The molecule has 1 spiro atoms. The zero-order valence-electron chi connectivity index (χ0n) is 27.4. The summed E-state index contributed by atoms with van der Waals surface area (Å²) in [5, 5.41) is 2.39. The molecular formula is C36H45N5O5. The van der Waals surface area contributed by atoms with Gasteiger partial charge in [0.1, 0.15) is 11.7 Å². The van der Waals surface area contributed by atoms with Crippen LogP contribution in [-0.4, -0.2) is 101 Å². The Labute approximate surface area is 270 Å². The molecule has 2 saturated heterocycles. The van der Waals surface area contributed by atoms with Crippen LogP contribution in [0.2, 0.25) is 0 Å². The van der Waals surface area contributed by atoms with Gasteiger partial charge in [0.15, 0.2) is 0 Å². The lowest BCUT2D eigenvalue weighted by Crippen LogP contribution is -2.64. The molecule has 0 bridgehead atoms. The lowest BCUT2D eigenvalue weighted by Gasteiger charge is -2.58. The van der Waals surface area contributed by atoms with E-state index in [0.717, 1.165) is 56.6 Å². The maximum absolute atomic E-state index is 12.0.